The van der Waals surface area contributed by atoms with E-state index in [1.807, 2.05) is 29.6 Å². The number of benzene rings is 2. The molecular formula is C19H16N4O2S. The van der Waals surface area contributed by atoms with Crippen LogP contribution in [0.2, 0.25) is 0 Å². The summed E-state index contributed by atoms with van der Waals surface area (Å²) < 4.78 is 4.61. The molecule has 0 saturated carbocycles. The second kappa shape index (κ2) is 6.97. The Kier molecular flexibility index (Phi) is 4.37. The number of rotatable bonds is 5. The minimum Gasteiger partial charge on any atom is -0.379 e. The molecule has 2 aromatic carbocycles. The van der Waals surface area contributed by atoms with Gasteiger partial charge >= 0.3 is 0 Å². The van der Waals surface area contributed by atoms with E-state index in [0.717, 1.165) is 10.6 Å². The molecule has 3 N–H and O–H groups in total. The van der Waals surface area contributed by atoms with Gasteiger partial charge in [-0.2, -0.15) is 0 Å². The maximum absolute atomic E-state index is 12.3. The smallest absolute Gasteiger partial charge is 0.225 e. The third-order valence-electron chi connectivity index (χ3n) is 4.15. The molecule has 0 bridgehead atoms. The van der Waals surface area contributed by atoms with E-state index in [0.29, 0.717) is 18.5 Å². The summed E-state index contributed by atoms with van der Waals surface area (Å²) in [5.41, 5.74) is 8.12. The average Bonchev–Trinajstić information content (AvgIpc) is 3.28. The molecule has 0 saturated heterocycles. The number of nitrogens with zero attached hydrogens (tertiary/aromatic N) is 2. The molecule has 0 unspecified atom stereocenters. The van der Waals surface area contributed by atoms with Crippen molar-refractivity contribution in [2.45, 2.75) is 12.8 Å². The van der Waals surface area contributed by atoms with Gasteiger partial charge in [-0.1, -0.05) is 42.5 Å². The number of carbonyl (C=O) groups is 1. The van der Waals surface area contributed by atoms with Crippen LogP contribution in [0.25, 0.3) is 22.0 Å². The highest BCUT2D eigenvalue weighted by Gasteiger charge is 2.13. The van der Waals surface area contributed by atoms with E-state index in [4.69, 9.17) is 5.73 Å². The first kappa shape index (κ1) is 16.3. The summed E-state index contributed by atoms with van der Waals surface area (Å²) in [6, 6.07) is 16.2. The standard InChI is InChI=1S/C19H16N4O2S/c20-19-18(22-25-23-19)14-10-17(26-11-14)21-16(24)9-8-13-6-3-5-12-4-1-2-7-15(12)13/h1-7,10-11H,8-9H2,(H2,20,23)(H,21,24). The Bertz CT molecular complexity index is 1060. The van der Waals surface area contributed by atoms with Gasteiger partial charge in [-0.15, -0.1) is 11.3 Å². The van der Waals surface area contributed by atoms with Crippen molar-refractivity contribution in [3.63, 3.8) is 0 Å². The fraction of sp³-hybridized carbons (Fsp3) is 0.105. The number of nitrogens with two attached hydrogens (primary N) is 1. The van der Waals surface area contributed by atoms with E-state index in [-0.39, 0.29) is 11.7 Å². The summed E-state index contributed by atoms with van der Waals surface area (Å²) >= 11 is 1.41. The van der Waals surface area contributed by atoms with Crippen molar-refractivity contribution in [2.24, 2.45) is 0 Å². The van der Waals surface area contributed by atoms with E-state index in [1.165, 1.54) is 27.7 Å². The first-order valence-electron chi connectivity index (χ1n) is 8.14. The fourth-order valence-electron chi connectivity index (χ4n) is 2.88. The lowest BCUT2D eigenvalue weighted by atomic mass is 10.0. The lowest BCUT2D eigenvalue weighted by Gasteiger charge is -2.06. The van der Waals surface area contributed by atoms with Gasteiger partial charge in [-0.25, -0.2) is 4.63 Å². The molecule has 4 aromatic rings. The Balaban J connectivity index is 1.42. The molecular weight excluding hydrogens is 348 g/mol. The first-order valence-corrected chi connectivity index (χ1v) is 9.02. The SMILES string of the molecule is Nc1nonc1-c1csc(NC(=O)CCc2cccc3ccccc23)c1. The van der Waals surface area contributed by atoms with E-state index >= 15 is 0 Å². The molecule has 0 aliphatic heterocycles. The zero-order chi connectivity index (χ0) is 17.9. The highest BCUT2D eigenvalue weighted by molar-refractivity contribution is 7.14. The van der Waals surface area contributed by atoms with E-state index < -0.39 is 0 Å². The van der Waals surface area contributed by atoms with Crippen LogP contribution in [0.4, 0.5) is 10.8 Å². The van der Waals surface area contributed by atoms with Crippen LogP contribution in [0.5, 0.6) is 0 Å². The number of aryl methyl sites for hydroxylation is 1. The molecule has 0 atom stereocenters. The number of anilines is 2. The van der Waals surface area contributed by atoms with Gasteiger partial charge in [0.25, 0.3) is 0 Å². The van der Waals surface area contributed by atoms with Crippen molar-refractivity contribution >= 4 is 38.8 Å². The molecule has 2 heterocycles. The fourth-order valence-corrected chi connectivity index (χ4v) is 3.68. The molecule has 1 amide bonds. The van der Waals surface area contributed by atoms with Gasteiger partial charge in [0.1, 0.15) is 0 Å². The lowest BCUT2D eigenvalue weighted by Crippen LogP contribution is -2.11. The maximum Gasteiger partial charge on any atom is 0.225 e. The molecule has 7 heteroatoms. The zero-order valence-electron chi connectivity index (χ0n) is 13.8. The van der Waals surface area contributed by atoms with Gasteiger partial charge in [0, 0.05) is 17.4 Å². The number of nitrogen functional groups attached to an aromatic ring is 1. The second-order valence-electron chi connectivity index (χ2n) is 5.88. The normalized spacial score (nSPS) is 10.9. The first-order chi connectivity index (χ1) is 12.7. The topological polar surface area (TPSA) is 94.0 Å². The van der Waals surface area contributed by atoms with Crippen LogP contribution < -0.4 is 11.1 Å². The zero-order valence-corrected chi connectivity index (χ0v) is 14.6. The predicted molar refractivity (Wildman–Crippen MR) is 103 cm³/mol. The maximum atomic E-state index is 12.3. The number of carbonyl (C=O) groups excluding carboxylic acids is 1. The highest BCUT2D eigenvalue weighted by Crippen LogP contribution is 2.30. The van der Waals surface area contributed by atoms with Crippen molar-refractivity contribution in [1.29, 1.82) is 0 Å². The van der Waals surface area contributed by atoms with Crippen LogP contribution in [0.15, 0.2) is 58.5 Å². The second-order valence-corrected chi connectivity index (χ2v) is 6.80. The number of amides is 1. The molecule has 0 aliphatic rings. The van der Waals surface area contributed by atoms with Crippen LogP contribution in [0, 0.1) is 0 Å². The predicted octanol–water partition coefficient (Wildman–Crippen LogP) is 4.10. The summed E-state index contributed by atoms with van der Waals surface area (Å²) in [6.45, 7) is 0. The van der Waals surface area contributed by atoms with E-state index in [1.54, 1.807) is 0 Å². The molecule has 0 fully saturated rings. The summed E-state index contributed by atoms with van der Waals surface area (Å²) in [5.74, 6) is 0.203. The van der Waals surface area contributed by atoms with Crippen LogP contribution >= 0.6 is 11.3 Å². The van der Waals surface area contributed by atoms with Gasteiger partial charge < -0.3 is 11.1 Å². The number of nitrogens with one attached hydrogen (secondary N) is 1. The van der Waals surface area contributed by atoms with Crippen LogP contribution in [-0.2, 0) is 11.2 Å². The van der Waals surface area contributed by atoms with Crippen LogP contribution in [0.3, 0.4) is 0 Å². The van der Waals surface area contributed by atoms with Crippen LogP contribution in [0.1, 0.15) is 12.0 Å². The minimum atomic E-state index is -0.0300. The van der Waals surface area contributed by atoms with Gasteiger partial charge in [-0.3, -0.25) is 4.79 Å². The molecule has 6 nitrogen and oxygen atoms in total. The van der Waals surface area contributed by atoms with Crippen molar-refractivity contribution in [3.05, 3.63) is 59.5 Å². The van der Waals surface area contributed by atoms with Gasteiger partial charge in [0.2, 0.25) is 5.91 Å². The van der Waals surface area contributed by atoms with Crippen molar-refractivity contribution < 1.29 is 9.42 Å². The molecule has 0 spiro atoms. The minimum absolute atomic E-state index is 0.0300. The summed E-state index contributed by atoms with van der Waals surface area (Å²) in [6.07, 6.45) is 1.10. The monoisotopic (exact) mass is 364 g/mol. The Morgan fingerprint density at radius 3 is 2.85 bits per heavy atom. The Morgan fingerprint density at radius 1 is 1.15 bits per heavy atom. The number of hydrogen-bond donors (Lipinski definition) is 2. The summed E-state index contributed by atoms with van der Waals surface area (Å²) in [5, 5.41) is 15.2. The summed E-state index contributed by atoms with van der Waals surface area (Å²) in [4.78, 5) is 12.3. The molecule has 4 rings (SSSR count). The van der Waals surface area contributed by atoms with Crippen molar-refractivity contribution in [1.82, 2.24) is 10.3 Å². The Labute approximate surface area is 153 Å². The molecule has 2 aromatic heterocycles. The van der Waals surface area contributed by atoms with E-state index in [2.05, 4.69) is 44.5 Å². The molecule has 130 valence electrons. The van der Waals surface area contributed by atoms with E-state index in [9.17, 15) is 4.79 Å². The van der Waals surface area contributed by atoms with Gasteiger partial charge in [0.15, 0.2) is 11.5 Å². The molecule has 0 radical (unpaired) electrons. The van der Waals surface area contributed by atoms with Crippen molar-refractivity contribution in [3.8, 4) is 11.3 Å². The average molecular weight is 364 g/mol. The number of hydrogen-bond acceptors (Lipinski definition) is 6. The van der Waals surface area contributed by atoms with Gasteiger partial charge in [0.05, 0.1) is 5.00 Å². The number of fused-ring (bicyclic) bond motifs is 1. The molecule has 26 heavy (non-hydrogen) atoms. The Hall–Kier alpha value is -3.19. The quantitative estimate of drug-likeness (QED) is 0.556. The molecule has 0 aliphatic carbocycles. The van der Waals surface area contributed by atoms with Crippen molar-refractivity contribution in [2.75, 3.05) is 11.1 Å². The largest absolute Gasteiger partial charge is 0.379 e. The Morgan fingerprint density at radius 2 is 2.00 bits per heavy atom. The number of aromatic nitrogens is 2. The van der Waals surface area contributed by atoms with Gasteiger partial charge in [-0.05, 0) is 39.1 Å². The third kappa shape index (κ3) is 3.29. The van der Waals surface area contributed by atoms with Crippen LogP contribution in [-0.4, -0.2) is 16.2 Å². The highest BCUT2D eigenvalue weighted by atomic mass is 32.1. The number of thiophene rings is 1. The summed E-state index contributed by atoms with van der Waals surface area (Å²) in [7, 11) is 0. The lowest BCUT2D eigenvalue weighted by molar-refractivity contribution is -0.116. The third-order valence-corrected chi connectivity index (χ3v) is 5.00.